The third-order valence-electron chi connectivity index (χ3n) is 2.86. The van der Waals surface area contributed by atoms with Crippen LogP contribution in [0.2, 0.25) is 0 Å². The van der Waals surface area contributed by atoms with Crippen LogP contribution in [0.4, 0.5) is 5.69 Å². The molecule has 0 heterocycles. The van der Waals surface area contributed by atoms with Gasteiger partial charge in [-0.15, -0.1) is 0 Å². The summed E-state index contributed by atoms with van der Waals surface area (Å²) in [5.41, 5.74) is 7.62. The molecule has 4 heteroatoms. The first-order valence-corrected chi connectivity index (χ1v) is 6.30. The number of carbonyl (C=O) groups is 1. The monoisotopic (exact) mass is 250 g/mol. The first-order chi connectivity index (χ1) is 8.65. The van der Waals surface area contributed by atoms with E-state index >= 15 is 0 Å². The highest BCUT2D eigenvalue weighted by Gasteiger charge is 2.09. The Morgan fingerprint density at radius 2 is 2.11 bits per heavy atom. The summed E-state index contributed by atoms with van der Waals surface area (Å²) in [6, 6.07) is 7.66. The molecule has 0 unspecified atom stereocenters. The van der Waals surface area contributed by atoms with E-state index in [1.165, 1.54) is 0 Å². The zero-order valence-electron chi connectivity index (χ0n) is 11.2. The van der Waals surface area contributed by atoms with Gasteiger partial charge in [-0.1, -0.05) is 18.2 Å². The second kappa shape index (κ2) is 7.71. The average molecular weight is 250 g/mol. The average Bonchev–Trinajstić information content (AvgIpc) is 2.37. The van der Waals surface area contributed by atoms with Gasteiger partial charge in [0, 0.05) is 32.3 Å². The molecule has 0 aliphatic rings. The number of aryl methyl sites for hydroxylation is 1. The lowest BCUT2D eigenvalue weighted by atomic mass is 10.1. The van der Waals surface area contributed by atoms with Gasteiger partial charge in [0.05, 0.1) is 6.61 Å². The summed E-state index contributed by atoms with van der Waals surface area (Å²) < 4.78 is 5.22. The summed E-state index contributed by atoms with van der Waals surface area (Å²) in [7, 11) is 1.80. The van der Waals surface area contributed by atoms with E-state index in [-0.39, 0.29) is 5.91 Å². The van der Waals surface area contributed by atoms with Crippen LogP contribution in [0.25, 0.3) is 0 Å². The van der Waals surface area contributed by atoms with Gasteiger partial charge < -0.3 is 15.4 Å². The van der Waals surface area contributed by atoms with Gasteiger partial charge in [0.25, 0.3) is 0 Å². The van der Waals surface area contributed by atoms with E-state index < -0.39 is 0 Å². The van der Waals surface area contributed by atoms with E-state index in [2.05, 4.69) is 0 Å². The summed E-state index contributed by atoms with van der Waals surface area (Å²) in [5, 5.41) is 0. The number of benzene rings is 1. The maximum absolute atomic E-state index is 11.9. The van der Waals surface area contributed by atoms with Gasteiger partial charge in [-0.25, -0.2) is 0 Å². The Balaban J connectivity index is 2.34. The Bertz CT molecular complexity index is 380. The topological polar surface area (TPSA) is 55.6 Å². The summed E-state index contributed by atoms with van der Waals surface area (Å²) in [6.45, 7) is 3.85. The minimum absolute atomic E-state index is 0.123. The predicted octanol–water partition coefficient (Wildman–Crippen LogP) is 1.70. The van der Waals surface area contributed by atoms with Gasteiger partial charge in [-0.3, -0.25) is 4.79 Å². The van der Waals surface area contributed by atoms with E-state index in [0.717, 1.165) is 11.3 Å². The van der Waals surface area contributed by atoms with Gasteiger partial charge in [0.1, 0.15) is 0 Å². The molecule has 0 aliphatic carbocycles. The van der Waals surface area contributed by atoms with Crippen LogP contribution in [0, 0.1) is 0 Å². The highest BCUT2D eigenvalue weighted by Crippen LogP contribution is 2.13. The highest BCUT2D eigenvalue weighted by molar-refractivity contribution is 5.76. The third kappa shape index (κ3) is 4.75. The number of likely N-dealkylation sites (N-methyl/N-ethyl adjacent to an activating group) is 1. The standard InChI is InChI=1S/C14H22N2O2/c1-3-18-11-10-16(2)14(17)9-8-12-6-4-5-7-13(12)15/h4-7H,3,8-11,15H2,1-2H3. The Hall–Kier alpha value is -1.55. The summed E-state index contributed by atoms with van der Waals surface area (Å²) in [4.78, 5) is 13.6. The van der Waals surface area contributed by atoms with Crippen molar-refractivity contribution in [3.63, 3.8) is 0 Å². The number of anilines is 1. The summed E-state index contributed by atoms with van der Waals surface area (Å²) in [6.07, 6.45) is 1.17. The first-order valence-electron chi connectivity index (χ1n) is 6.30. The minimum atomic E-state index is 0.123. The molecule has 0 atom stereocenters. The minimum Gasteiger partial charge on any atom is -0.399 e. The molecule has 1 aromatic rings. The van der Waals surface area contributed by atoms with Gasteiger partial charge in [0.2, 0.25) is 5.91 Å². The van der Waals surface area contributed by atoms with Crippen molar-refractivity contribution < 1.29 is 9.53 Å². The van der Waals surface area contributed by atoms with Crippen LogP contribution in [-0.4, -0.2) is 37.6 Å². The molecule has 1 amide bonds. The van der Waals surface area contributed by atoms with Crippen LogP contribution in [0.3, 0.4) is 0 Å². The van der Waals surface area contributed by atoms with Crippen molar-refractivity contribution in [1.29, 1.82) is 0 Å². The van der Waals surface area contributed by atoms with E-state index in [4.69, 9.17) is 10.5 Å². The molecule has 0 aromatic heterocycles. The van der Waals surface area contributed by atoms with Crippen LogP contribution in [0.5, 0.6) is 0 Å². The van der Waals surface area contributed by atoms with Crippen LogP contribution in [0.1, 0.15) is 18.9 Å². The number of carbonyl (C=O) groups excluding carboxylic acids is 1. The van der Waals surface area contributed by atoms with Gasteiger partial charge in [0.15, 0.2) is 0 Å². The number of amides is 1. The van der Waals surface area contributed by atoms with Gasteiger partial charge >= 0.3 is 0 Å². The third-order valence-corrected chi connectivity index (χ3v) is 2.86. The molecule has 100 valence electrons. The Kier molecular flexibility index (Phi) is 6.22. The lowest BCUT2D eigenvalue weighted by Crippen LogP contribution is -2.30. The molecule has 0 radical (unpaired) electrons. The Morgan fingerprint density at radius 1 is 1.39 bits per heavy atom. The number of nitrogens with two attached hydrogens (primary N) is 1. The fourth-order valence-corrected chi connectivity index (χ4v) is 1.66. The largest absolute Gasteiger partial charge is 0.399 e. The van der Waals surface area contributed by atoms with Crippen molar-refractivity contribution in [2.24, 2.45) is 0 Å². The van der Waals surface area contributed by atoms with Crippen molar-refractivity contribution in [3.05, 3.63) is 29.8 Å². The molecule has 18 heavy (non-hydrogen) atoms. The van der Waals surface area contributed by atoms with Crippen molar-refractivity contribution >= 4 is 11.6 Å². The molecule has 0 saturated carbocycles. The van der Waals surface area contributed by atoms with Crippen molar-refractivity contribution in [2.75, 3.05) is 32.5 Å². The number of nitrogens with zero attached hydrogens (tertiary/aromatic N) is 1. The molecule has 0 aliphatic heterocycles. The van der Waals surface area contributed by atoms with Gasteiger partial charge in [-0.05, 0) is 25.0 Å². The first kappa shape index (κ1) is 14.5. The maximum atomic E-state index is 11.9. The predicted molar refractivity (Wildman–Crippen MR) is 73.3 cm³/mol. The van der Waals surface area contributed by atoms with E-state index in [0.29, 0.717) is 32.6 Å². The fraction of sp³-hybridized carbons (Fsp3) is 0.500. The summed E-state index contributed by atoms with van der Waals surface area (Å²) >= 11 is 0. The zero-order chi connectivity index (χ0) is 13.4. The van der Waals surface area contributed by atoms with Crippen LogP contribution >= 0.6 is 0 Å². The van der Waals surface area contributed by atoms with E-state index in [1.807, 2.05) is 31.2 Å². The van der Waals surface area contributed by atoms with Crippen molar-refractivity contribution in [3.8, 4) is 0 Å². The number of hydrogen-bond acceptors (Lipinski definition) is 3. The molecule has 4 nitrogen and oxygen atoms in total. The van der Waals surface area contributed by atoms with Crippen molar-refractivity contribution in [2.45, 2.75) is 19.8 Å². The SMILES string of the molecule is CCOCCN(C)C(=O)CCc1ccccc1N. The molecule has 0 saturated heterocycles. The number of para-hydroxylation sites is 1. The lowest BCUT2D eigenvalue weighted by Gasteiger charge is -2.17. The molecule has 1 aromatic carbocycles. The highest BCUT2D eigenvalue weighted by atomic mass is 16.5. The fourth-order valence-electron chi connectivity index (χ4n) is 1.66. The smallest absolute Gasteiger partial charge is 0.222 e. The number of rotatable bonds is 7. The number of nitrogen functional groups attached to an aromatic ring is 1. The molecular weight excluding hydrogens is 228 g/mol. The zero-order valence-corrected chi connectivity index (χ0v) is 11.2. The summed E-state index contributed by atoms with van der Waals surface area (Å²) in [5.74, 6) is 0.123. The van der Waals surface area contributed by atoms with Crippen LogP contribution in [0.15, 0.2) is 24.3 Å². The molecule has 0 bridgehead atoms. The Labute approximate surface area is 109 Å². The van der Waals surface area contributed by atoms with E-state index in [9.17, 15) is 4.79 Å². The lowest BCUT2D eigenvalue weighted by molar-refractivity contribution is -0.130. The number of ether oxygens (including phenoxy) is 1. The Morgan fingerprint density at radius 3 is 2.78 bits per heavy atom. The van der Waals surface area contributed by atoms with E-state index in [1.54, 1.807) is 11.9 Å². The van der Waals surface area contributed by atoms with Crippen LogP contribution in [-0.2, 0) is 16.0 Å². The molecule has 1 rings (SSSR count). The maximum Gasteiger partial charge on any atom is 0.222 e. The normalized spacial score (nSPS) is 10.3. The van der Waals surface area contributed by atoms with Gasteiger partial charge in [-0.2, -0.15) is 0 Å². The molecule has 0 fully saturated rings. The second-order valence-electron chi connectivity index (χ2n) is 4.21. The van der Waals surface area contributed by atoms with Crippen LogP contribution < -0.4 is 5.73 Å². The number of hydrogen-bond donors (Lipinski definition) is 1. The quantitative estimate of drug-likeness (QED) is 0.592. The second-order valence-corrected chi connectivity index (χ2v) is 4.21. The van der Waals surface area contributed by atoms with Crippen molar-refractivity contribution in [1.82, 2.24) is 4.90 Å². The molecule has 0 spiro atoms. The molecular formula is C14H22N2O2. The molecule has 2 N–H and O–H groups in total.